The number of anilines is 4. The highest BCUT2D eigenvalue weighted by atomic mass is 16.5. The summed E-state index contributed by atoms with van der Waals surface area (Å²) in [5, 5.41) is 29.0. The molecule has 12 heteroatoms. The summed E-state index contributed by atoms with van der Waals surface area (Å²) < 4.78 is 5.83. The zero-order chi connectivity index (χ0) is 18.9. The molecule has 12 nitrogen and oxygen atoms in total. The first-order valence-electron chi connectivity index (χ1n) is 8.26. The number of nitrogens with one attached hydrogen (secondary N) is 2. The van der Waals surface area contributed by atoms with Crippen LogP contribution in [0.15, 0.2) is 5.11 Å². The molecule has 26 heavy (non-hydrogen) atoms. The topological polar surface area (TPSA) is 178 Å². The molecule has 1 aromatic heterocycles. The zero-order valence-corrected chi connectivity index (χ0v) is 14.6. The molecule has 0 amide bonds. The molecule has 3 unspecified atom stereocenters. The van der Waals surface area contributed by atoms with Gasteiger partial charge < -0.3 is 36.2 Å². The number of aliphatic hydroxyl groups is 2. The van der Waals surface area contributed by atoms with Gasteiger partial charge in [0.2, 0.25) is 5.95 Å². The van der Waals surface area contributed by atoms with Crippen molar-refractivity contribution in [1.29, 1.82) is 0 Å². The first kappa shape index (κ1) is 18.3. The van der Waals surface area contributed by atoms with E-state index in [1.54, 1.807) is 0 Å². The van der Waals surface area contributed by atoms with E-state index in [9.17, 15) is 10.2 Å². The number of nitrogen functional groups attached to an aromatic ring is 1. The summed E-state index contributed by atoms with van der Waals surface area (Å²) >= 11 is 0. The second-order valence-corrected chi connectivity index (χ2v) is 6.92. The molecule has 6 N–H and O–H groups in total. The summed E-state index contributed by atoms with van der Waals surface area (Å²) in [5.74, 6) is 1.12. The third kappa shape index (κ3) is 3.40. The SMILES string of the molecule is CC(C)(CO)Nc1nc(N)nc2c1NCN2C1CC(N=[N+]=[N-])C(CO)O1. The van der Waals surface area contributed by atoms with Gasteiger partial charge in [-0.15, -0.1) is 0 Å². The number of fused-ring (bicyclic) bond motifs is 1. The van der Waals surface area contributed by atoms with Gasteiger partial charge in [-0.3, -0.25) is 0 Å². The van der Waals surface area contributed by atoms with Gasteiger partial charge in [0.15, 0.2) is 11.6 Å². The summed E-state index contributed by atoms with van der Waals surface area (Å²) in [4.78, 5) is 13.2. The maximum atomic E-state index is 9.48. The summed E-state index contributed by atoms with van der Waals surface area (Å²) in [5.41, 5.74) is 14.6. The Morgan fingerprint density at radius 3 is 2.92 bits per heavy atom. The Labute approximate surface area is 150 Å². The number of aliphatic hydroxyl groups excluding tert-OH is 2. The molecule has 0 aliphatic carbocycles. The molecule has 0 saturated carbocycles. The monoisotopic (exact) mass is 365 g/mol. The molecule has 0 bridgehead atoms. The Morgan fingerprint density at radius 2 is 2.27 bits per heavy atom. The zero-order valence-electron chi connectivity index (χ0n) is 14.6. The van der Waals surface area contributed by atoms with Gasteiger partial charge in [-0.25, -0.2) is 0 Å². The van der Waals surface area contributed by atoms with Gasteiger partial charge in [0.05, 0.1) is 37.6 Å². The summed E-state index contributed by atoms with van der Waals surface area (Å²) in [6, 6.07) is -0.454. The molecule has 0 spiro atoms. The molecule has 142 valence electrons. The van der Waals surface area contributed by atoms with Crippen molar-refractivity contribution in [3.05, 3.63) is 10.4 Å². The number of aromatic nitrogens is 2. The fraction of sp³-hybridized carbons (Fsp3) is 0.714. The fourth-order valence-electron chi connectivity index (χ4n) is 3.02. The van der Waals surface area contributed by atoms with Gasteiger partial charge in [-0.1, -0.05) is 5.11 Å². The van der Waals surface area contributed by atoms with E-state index in [4.69, 9.17) is 16.0 Å². The minimum atomic E-state index is -0.595. The lowest BCUT2D eigenvalue weighted by Gasteiger charge is -2.26. The molecule has 0 radical (unpaired) electrons. The maximum Gasteiger partial charge on any atom is 0.224 e. The summed E-state index contributed by atoms with van der Waals surface area (Å²) in [6.07, 6.45) is -0.569. The molecule has 1 saturated heterocycles. The number of azide groups is 1. The number of hydrogen-bond donors (Lipinski definition) is 5. The normalized spacial score (nSPS) is 24.8. The van der Waals surface area contributed by atoms with Crippen LogP contribution < -0.4 is 21.3 Å². The van der Waals surface area contributed by atoms with E-state index < -0.39 is 23.9 Å². The highest BCUT2D eigenvalue weighted by Crippen LogP contribution is 2.40. The van der Waals surface area contributed by atoms with Crippen molar-refractivity contribution in [2.75, 3.05) is 41.1 Å². The molecule has 1 fully saturated rings. The predicted octanol–water partition coefficient (Wildman–Crippen LogP) is 0.217. The van der Waals surface area contributed by atoms with Gasteiger partial charge in [0.1, 0.15) is 11.9 Å². The van der Waals surface area contributed by atoms with Gasteiger partial charge in [0, 0.05) is 11.3 Å². The predicted molar refractivity (Wildman–Crippen MR) is 95.5 cm³/mol. The molecule has 2 aliphatic rings. The van der Waals surface area contributed by atoms with Crippen LogP contribution in [0, 0.1) is 0 Å². The van der Waals surface area contributed by atoms with Crippen LogP contribution >= 0.6 is 0 Å². The first-order chi connectivity index (χ1) is 12.4. The van der Waals surface area contributed by atoms with Crippen LogP contribution in [0.1, 0.15) is 20.3 Å². The lowest BCUT2D eigenvalue weighted by atomic mass is 10.1. The van der Waals surface area contributed by atoms with E-state index >= 15 is 0 Å². The van der Waals surface area contributed by atoms with Crippen molar-refractivity contribution in [1.82, 2.24) is 9.97 Å². The van der Waals surface area contributed by atoms with Crippen LogP contribution in [-0.2, 0) is 4.74 Å². The lowest BCUT2D eigenvalue weighted by Crippen LogP contribution is -2.36. The quantitative estimate of drug-likeness (QED) is 0.268. The van der Waals surface area contributed by atoms with Gasteiger partial charge >= 0.3 is 0 Å². The number of rotatable bonds is 6. The minimum Gasteiger partial charge on any atom is -0.394 e. The lowest BCUT2D eigenvalue weighted by molar-refractivity contribution is 0.00773. The third-order valence-electron chi connectivity index (χ3n) is 4.39. The molecule has 3 heterocycles. The Kier molecular flexibility index (Phi) is 4.92. The average molecular weight is 365 g/mol. The molecular weight excluding hydrogens is 342 g/mol. The van der Waals surface area contributed by atoms with Crippen LogP contribution in [0.4, 0.5) is 23.3 Å². The standard InChI is InChI=1S/C14H23N9O3/c1-14(2,5-25)20-11-10-12(19-13(15)18-11)23(6-17-10)9-3-7(21-22-16)8(4-24)26-9/h7-9,17,24-25H,3-6H2,1-2H3,(H3,15,18,19,20). The number of hydrogen-bond acceptors (Lipinski definition) is 10. The molecule has 3 rings (SSSR count). The minimum absolute atomic E-state index is 0.0805. The Balaban J connectivity index is 1.88. The maximum absolute atomic E-state index is 9.48. The van der Waals surface area contributed by atoms with Gasteiger partial charge in [-0.05, 0) is 19.4 Å². The smallest absolute Gasteiger partial charge is 0.224 e. The van der Waals surface area contributed by atoms with E-state index in [0.717, 1.165) is 0 Å². The molecule has 2 aliphatic heterocycles. The van der Waals surface area contributed by atoms with Gasteiger partial charge in [0.25, 0.3) is 0 Å². The van der Waals surface area contributed by atoms with Crippen molar-refractivity contribution in [2.24, 2.45) is 5.11 Å². The number of nitrogens with zero attached hydrogens (tertiary/aromatic N) is 6. The van der Waals surface area contributed by atoms with E-state index in [1.165, 1.54) is 0 Å². The molecule has 3 atom stereocenters. The molecule has 0 aromatic carbocycles. The van der Waals surface area contributed by atoms with E-state index in [2.05, 4.69) is 30.6 Å². The van der Waals surface area contributed by atoms with Gasteiger partial charge in [-0.2, -0.15) is 9.97 Å². The van der Waals surface area contributed by atoms with Crippen molar-refractivity contribution in [2.45, 2.75) is 44.2 Å². The van der Waals surface area contributed by atoms with Crippen LogP contribution in [0.3, 0.4) is 0 Å². The van der Waals surface area contributed by atoms with Crippen molar-refractivity contribution >= 4 is 23.3 Å². The Hall–Kier alpha value is -2.53. The highest BCUT2D eigenvalue weighted by molar-refractivity contribution is 5.83. The average Bonchev–Trinajstić information content (AvgIpc) is 3.18. The largest absolute Gasteiger partial charge is 0.394 e. The van der Waals surface area contributed by atoms with Crippen molar-refractivity contribution < 1.29 is 14.9 Å². The third-order valence-corrected chi connectivity index (χ3v) is 4.39. The van der Waals surface area contributed by atoms with Crippen molar-refractivity contribution in [3.8, 4) is 0 Å². The van der Waals surface area contributed by atoms with Crippen LogP contribution in [0.5, 0.6) is 0 Å². The summed E-state index contributed by atoms with van der Waals surface area (Å²) in [6.45, 7) is 3.74. The Morgan fingerprint density at radius 1 is 1.50 bits per heavy atom. The Bertz CT molecular complexity index is 722. The van der Waals surface area contributed by atoms with Crippen LogP contribution in [-0.4, -0.2) is 64.0 Å². The molecule has 1 aromatic rings. The van der Waals surface area contributed by atoms with E-state index in [0.29, 0.717) is 30.4 Å². The van der Waals surface area contributed by atoms with E-state index in [-0.39, 0.29) is 19.2 Å². The van der Waals surface area contributed by atoms with Crippen LogP contribution in [0.2, 0.25) is 0 Å². The number of nitrogens with two attached hydrogens (primary N) is 1. The second kappa shape index (κ2) is 7.00. The van der Waals surface area contributed by atoms with Crippen LogP contribution in [0.25, 0.3) is 10.4 Å². The number of ether oxygens (including phenoxy) is 1. The van der Waals surface area contributed by atoms with E-state index in [1.807, 2.05) is 18.7 Å². The highest BCUT2D eigenvalue weighted by Gasteiger charge is 2.41. The second-order valence-electron chi connectivity index (χ2n) is 6.92. The fourth-order valence-corrected chi connectivity index (χ4v) is 3.02. The van der Waals surface area contributed by atoms with Crippen molar-refractivity contribution in [3.63, 3.8) is 0 Å². The molecular formula is C14H23N9O3. The first-order valence-corrected chi connectivity index (χ1v) is 8.26. The summed E-state index contributed by atoms with van der Waals surface area (Å²) in [7, 11) is 0.